The largest absolute Gasteiger partial charge is 0.508 e. The minimum atomic E-state index is -2.22. The van der Waals surface area contributed by atoms with Crippen LogP contribution in [0.3, 0.4) is 0 Å². The summed E-state index contributed by atoms with van der Waals surface area (Å²) in [6, 6.07) is 12.6. The van der Waals surface area contributed by atoms with E-state index in [9.17, 15) is 86.2 Å². The Morgan fingerprint density at radius 2 is 1.17 bits per heavy atom. The molecule has 20 unspecified atom stereocenters. The fraction of sp³-hybridized carbons (Fsp3) is 0.500. The molecule has 5 heterocycles. The molecule has 4 fully saturated rings. The van der Waals surface area contributed by atoms with Crippen molar-refractivity contribution in [2.45, 2.75) is 130 Å². The van der Waals surface area contributed by atoms with Crippen LogP contribution < -0.4 is 14.9 Å². The lowest BCUT2D eigenvalue weighted by Gasteiger charge is -2.46. The lowest BCUT2D eigenvalue weighted by Crippen LogP contribution is -2.65. The summed E-state index contributed by atoms with van der Waals surface area (Å²) in [5, 5.41) is 159. The fourth-order valence-electron chi connectivity index (χ4n) is 8.68. The van der Waals surface area contributed by atoms with Gasteiger partial charge in [0.2, 0.25) is 23.8 Å². The Balaban J connectivity index is 1.09. The molecule has 410 valence electrons. The molecule has 0 amide bonds. The molecule has 27 nitrogen and oxygen atoms in total. The van der Waals surface area contributed by atoms with Gasteiger partial charge < -0.3 is 124 Å². The number of phenols is 3. The Bertz CT molecular complexity index is 2660. The maximum Gasteiger partial charge on any atom is 0.331 e. The van der Waals surface area contributed by atoms with Gasteiger partial charge in [0.15, 0.2) is 30.5 Å². The van der Waals surface area contributed by atoms with Gasteiger partial charge in [-0.1, -0.05) is 12.1 Å². The Morgan fingerprint density at radius 1 is 0.600 bits per heavy atom. The maximum atomic E-state index is 14.6. The van der Waals surface area contributed by atoms with E-state index in [0.29, 0.717) is 5.56 Å². The number of carbonyl (C=O) groups excluding carboxylic acids is 1. The highest BCUT2D eigenvalue weighted by Gasteiger charge is 2.53. The van der Waals surface area contributed by atoms with Crippen molar-refractivity contribution < 1.29 is 128 Å². The molecule has 0 bridgehead atoms. The molecule has 4 aliphatic heterocycles. The number of aromatic hydroxyl groups is 3. The normalized spacial score (nSPS) is 36.3. The first kappa shape index (κ1) is 55.6. The predicted octanol–water partition coefficient (Wildman–Crippen LogP) is -4.13. The Kier molecular flexibility index (Phi) is 17.3. The fourth-order valence-corrected chi connectivity index (χ4v) is 8.68. The quantitative estimate of drug-likeness (QED) is 0.0397. The van der Waals surface area contributed by atoms with Gasteiger partial charge in [0.1, 0.15) is 113 Å². The van der Waals surface area contributed by atoms with Gasteiger partial charge in [0.05, 0.1) is 25.9 Å². The van der Waals surface area contributed by atoms with E-state index in [1.165, 1.54) is 61.5 Å². The van der Waals surface area contributed by atoms with Crippen molar-refractivity contribution in [1.29, 1.82) is 0 Å². The van der Waals surface area contributed by atoms with E-state index in [2.05, 4.69) is 0 Å². The van der Waals surface area contributed by atoms with Crippen LogP contribution in [-0.4, -0.2) is 225 Å². The van der Waals surface area contributed by atoms with E-state index in [1.807, 2.05) is 0 Å². The first-order chi connectivity index (χ1) is 35.7. The Labute approximate surface area is 422 Å². The summed E-state index contributed by atoms with van der Waals surface area (Å²) in [7, 11) is 0. The minimum absolute atomic E-state index is 0.00963. The number of ether oxygens (including phenoxy) is 9. The summed E-state index contributed by atoms with van der Waals surface area (Å²) in [6.07, 6.45) is -33.8. The van der Waals surface area contributed by atoms with Crippen LogP contribution in [-0.2, 0) is 38.0 Å². The molecular formula is C48H56O27. The van der Waals surface area contributed by atoms with Crippen molar-refractivity contribution in [2.75, 3.05) is 19.8 Å². The first-order valence-electron chi connectivity index (χ1n) is 23.2. The average Bonchev–Trinajstić information content (AvgIpc) is 3.39. The first-order valence-corrected chi connectivity index (χ1v) is 23.2. The van der Waals surface area contributed by atoms with Crippen LogP contribution in [0, 0.1) is 0 Å². The van der Waals surface area contributed by atoms with E-state index in [0.717, 1.165) is 18.2 Å². The zero-order valence-electron chi connectivity index (χ0n) is 39.2. The lowest BCUT2D eigenvalue weighted by molar-refractivity contribution is -0.359. The number of aliphatic hydroxyl groups is 12. The number of hydrogen-bond acceptors (Lipinski definition) is 27. The van der Waals surface area contributed by atoms with Crippen LogP contribution in [0.1, 0.15) is 12.5 Å². The van der Waals surface area contributed by atoms with E-state index in [1.54, 1.807) is 0 Å². The summed E-state index contributed by atoms with van der Waals surface area (Å²) in [6.45, 7) is -1.17. The van der Waals surface area contributed by atoms with Crippen LogP contribution in [0.4, 0.5) is 0 Å². The van der Waals surface area contributed by atoms with Gasteiger partial charge >= 0.3 is 5.97 Å². The topological polar surface area (TPSA) is 434 Å². The average molecular weight is 1060 g/mol. The van der Waals surface area contributed by atoms with Gasteiger partial charge in [0.25, 0.3) is 0 Å². The highest BCUT2D eigenvalue weighted by molar-refractivity contribution is 5.89. The smallest absolute Gasteiger partial charge is 0.331 e. The van der Waals surface area contributed by atoms with Crippen molar-refractivity contribution in [1.82, 2.24) is 0 Å². The number of esters is 1. The van der Waals surface area contributed by atoms with Crippen LogP contribution in [0.25, 0.3) is 28.4 Å². The maximum absolute atomic E-state index is 14.6. The molecule has 27 heteroatoms. The van der Waals surface area contributed by atoms with Crippen LogP contribution in [0.5, 0.6) is 28.7 Å². The molecule has 8 rings (SSSR count). The number of fused-ring (bicyclic) bond motifs is 1. The second-order valence-electron chi connectivity index (χ2n) is 18.1. The lowest BCUT2D eigenvalue weighted by atomic mass is 9.96. The summed E-state index contributed by atoms with van der Waals surface area (Å²) in [5.41, 5.74) is -1.10. The van der Waals surface area contributed by atoms with E-state index < -0.39 is 182 Å². The summed E-state index contributed by atoms with van der Waals surface area (Å²) in [5.74, 6) is -3.79. The molecule has 4 aromatic rings. The Morgan fingerprint density at radius 3 is 1.84 bits per heavy atom. The number of carbonyl (C=O) groups is 1. The van der Waals surface area contributed by atoms with E-state index >= 15 is 0 Å². The van der Waals surface area contributed by atoms with Gasteiger partial charge in [-0.25, -0.2) is 4.79 Å². The molecular weight excluding hydrogens is 1010 g/mol. The zero-order chi connectivity index (χ0) is 54.2. The summed E-state index contributed by atoms with van der Waals surface area (Å²) < 4.78 is 57.4. The number of rotatable bonds is 15. The molecule has 0 spiro atoms. The standard InChI is InChI=1S/C48H56O27/c1-17-30(55)34(59)37(62)45(67-17)66-16-27-42(74-46-38(63)35(60)31(56)25(14-49)70-46)36(61)39(64)47(72-27)75-44-33(58)29-23(53)12-22(13-24(29)69-41(44)19-5-9-21(52)10-6-19)68-48-40(65)43(32(57)26(15-50)71-48)73-28(54)11-4-18-2-7-20(51)8-3-18/h2-13,17,25-27,30-32,34-40,42-43,45-53,55-57,59-65H,14-16H2,1H3. The minimum Gasteiger partial charge on any atom is -0.508 e. The van der Waals surface area contributed by atoms with Gasteiger partial charge in [-0.3, -0.25) is 4.79 Å². The molecule has 15 N–H and O–H groups in total. The van der Waals surface area contributed by atoms with Crippen molar-refractivity contribution in [3.8, 4) is 40.1 Å². The molecule has 0 radical (unpaired) electrons. The number of benzene rings is 3. The van der Waals surface area contributed by atoms with Crippen LogP contribution in [0.2, 0.25) is 0 Å². The number of phenolic OH excluding ortho intramolecular Hbond substituents is 3. The molecule has 4 saturated heterocycles. The van der Waals surface area contributed by atoms with E-state index in [-0.39, 0.29) is 22.8 Å². The molecule has 3 aromatic carbocycles. The molecule has 4 aliphatic rings. The van der Waals surface area contributed by atoms with Gasteiger partial charge in [-0.15, -0.1) is 0 Å². The second-order valence-corrected chi connectivity index (χ2v) is 18.1. The van der Waals surface area contributed by atoms with Crippen molar-refractivity contribution in [3.05, 3.63) is 82.5 Å². The van der Waals surface area contributed by atoms with Crippen LogP contribution >= 0.6 is 0 Å². The molecule has 75 heavy (non-hydrogen) atoms. The SMILES string of the molecule is CC1OC(OCC2OC(Oc3c(-c4ccc(O)cc4)oc4cc(OC5OC(CO)C(O)C(OC(=O)C=Cc6ccc(O)cc6)C5O)cc(O)c4c3=O)C(O)C(O)C2OC2OC(CO)C(O)C(O)C2O)C(O)C(O)C1O. The van der Waals surface area contributed by atoms with E-state index in [4.69, 9.17) is 47.0 Å². The summed E-state index contributed by atoms with van der Waals surface area (Å²) >= 11 is 0. The predicted molar refractivity (Wildman–Crippen MR) is 245 cm³/mol. The number of hydrogen-bond donors (Lipinski definition) is 15. The molecule has 1 aromatic heterocycles. The molecule has 0 saturated carbocycles. The highest BCUT2D eigenvalue weighted by Crippen LogP contribution is 2.40. The van der Waals surface area contributed by atoms with Crippen molar-refractivity contribution in [2.24, 2.45) is 0 Å². The molecule has 0 aliphatic carbocycles. The third kappa shape index (κ3) is 11.7. The Hall–Kier alpha value is -5.64. The van der Waals surface area contributed by atoms with Gasteiger partial charge in [-0.05, 0) is 55.0 Å². The second kappa shape index (κ2) is 23.3. The highest BCUT2D eigenvalue weighted by atomic mass is 16.8. The zero-order valence-corrected chi connectivity index (χ0v) is 39.2. The number of aliphatic hydroxyl groups excluding tert-OH is 12. The third-order valence-electron chi connectivity index (χ3n) is 12.9. The van der Waals surface area contributed by atoms with Crippen LogP contribution in [0.15, 0.2) is 76.0 Å². The monoisotopic (exact) mass is 1060 g/mol. The van der Waals surface area contributed by atoms with Gasteiger partial charge in [-0.2, -0.15) is 0 Å². The van der Waals surface area contributed by atoms with Gasteiger partial charge in [0, 0.05) is 23.8 Å². The van der Waals surface area contributed by atoms with Crippen molar-refractivity contribution in [3.63, 3.8) is 0 Å². The molecule has 20 atom stereocenters. The summed E-state index contributed by atoms with van der Waals surface area (Å²) in [4.78, 5) is 27.4. The van der Waals surface area contributed by atoms with Crippen molar-refractivity contribution >= 4 is 23.0 Å². The third-order valence-corrected chi connectivity index (χ3v) is 12.9.